The SMILES string of the molecule is CCCCCN1CCOCC1.CCN(C)Cc1ccc(N2CCN(C)CC2)cc1. The summed E-state index contributed by atoms with van der Waals surface area (Å²) in [5.74, 6) is 0. The molecule has 0 N–H and O–H groups in total. The smallest absolute Gasteiger partial charge is 0.0594 e. The molecule has 0 spiro atoms. The molecule has 0 amide bonds. The van der Waals surface area contributed by atoms with E-state index in [0.29, 0.717) is 0 Å². The number of anilines is 1. The monoisotopic (exact) mass is 404 g/mol. The van der Waals surface area contributed by atoms with Crippen molar-refractivity contribution < 1.29 is 4.74 Å². The van der Waals surface area contributed by atoms with Crippen LogP contribution in [0, 0.1) is 0 Å². The van der Waals surface area contributed by atoms with E-state index in [1.807, 2.05) is 0 Å². The molecule has 0 unspecified atom stereocenters. The van der Waals surface area contributed by atoms with Crippen LogP contribution in [0.2, 0.25) is 0 Å². The molecule has 2 aliphatic rings. The Bertz CT molecular complexity index is 522. The van der Waals surface area contributed by atoms with Crippen LogP contribution in [0.3, 0.4) is 0 Å². The molecule has 29 heavy (non-hydrogen) atoms. The molecule has 2 heterocycles. The summed E-state index contributed by atoms with van der Waals surface area (Å²) < 4.78 is 5.26. The van der Waals surface area contributed by atoms with E-state index in [1.54, 1.807) is 0 Å². The molecule has 0 saturated carbocycles. The molecule has 5 nitrogen and oxygen atoms in total. The second kappa shape index (κ2) is 14.0. The summed E-state index contributed by atoms with van der Waals surface area (Å²) in [5.41, 5.74) is 2.77. The van der Waals surface area contributed by atoms with E-state index in [-0.39, 0.29) is 0 Å². The van der Waals surface area contributed by atoms with Crippen LogP contribution in [0.15, 0.2) is 24.3 Å². The van der Waals surface area contributed by atoms with Gasteiger partial charge in [-0.25, -0.2) is 0 Å². The van der Waals surface area contributed by atoms with Gasteiger partial charge in [0, 0.05) is 51.5 Å². The number of piperazine rings is 1. The maximum absolute atomic E-state index is 5.26. The minimum atomic E-state index is 0.937. The molecule has 0 radical (unpaired) electrons. The van der Waals surface area contributed by atoms with Gasteiger partial charge in [0.25, 0.3) is 0 Å². The number of hydrogen-bond donors (Lipinski definition) is 0. The molecule has 2 saturated heterocycles. The maximum atomic E-state index is 5.26. The average Bonchev–Trinajstić information content (AvgIpc) is 2.76. The fraction of sp³-hybridized carbons (Fsp3) is 0.750. The summed E-state index contributed by atoms with van der Waals surface area (Å²) in [6.07, 6.45) is 4.05. The van der Waals surface area contributed by atoms with Crippen LogP contribution < -0.4 is 4.90 Å². The van der Waals surface area contributed by atoms with Gasteiger partial charge >= 0.3 is 0 Å². The minimum absolute atomic E-state index is 0.937. The second-order valence-electron chi connectivity index (χ2n) is 8.45. The molecule has 1 aromatic rings. The van der Waals surface area contributed by atoms with Crippen molar-refractivity contribution in [3.8, 4) is 0 Å². The van der Waals surface area contributed by atoms with Crippen molar-refractivity contribution in [1.82, 2.24) is 14.7 Å². The lowest BCUT2D eigenvalue weighted by Gasteiger charge is -2.34. The summed E-state index contributed by atoms with van der Waals surface area (Å²) in [6.45, 7) is 16.6. The highest BCUT2D eigenvalue weighted by Crippen LogP contribution is 2.17. The van der Waals surface area contributed by atoms with Gasteiger partial charge in [0.15, 0.2) is 0 Å². The Balaban J connectivity index is 0.000000234. The molecular formula is C24H44N4O. The number of benzene rings is 1. The summed E-state index contributed by atoms with van der Waals surface area (Å²) >= 11 is 0. The minimum Gasteiger partial charge on any atom is -0.379 e. The molecule has 2 fully saturated rings. The van der Waals surface area contributed by atoms with Crippen molar-refractivity contribution in [2.45, 2.75) is 39.7 Å². The molecule has 166 valence electrons. The van der Waals surface area contributed by atoms with Gasteiger partial charge < -0.3 is 19.4 Å². The first kappa shape index (κ1) is 24.1. The van der Waals surface area contributed by atoms with Crippen molar-refractivity contribution in [2.75, 3.05) is 84.6 Å². The predicted octanol–water partition coefficient (Wildman–Crippen LogP) is 3.40. The average molecular weight is 405 g/mol. The molecule has 0 aliphatic carbocycles. The van der Waals surface area contributed by atoms with E-state index >= 15 is 0 Å². The highest BCUT2D eigenvalue weighted by molar-refractivity contribution is 5.48. The highest BCUT2D eigenvalue weighted by atomic mass is 16.5. The quantitative estimate of drug-likeness (QED) is 0.618. The van der Waals surface area contributed by atoms with Crippen LogP contribution in [0.1, 0.15) is 38.7 Å². The Morgan fingerprint density at radius 1 is 0.897 bits per heavy atom. The fourth-order valence-electron chi connectivity index (χ4n) is 3.71. The normalized spacial score (nSPS) is 18.6. The van der Waals surface area contributed by atoms with Gasteiger partial charge in [0.1, 0.15) is 0 Å². The van der Waals surface area contributed by atoms with Crippen molar-refractivity contribution in [2.24, 2.45) is 0 Å². The summed E-state index contributed by atoms with van der Waals surface area (Å²) in [7, 11) is 4.36. The fourth-order valence-corrected chi connectivity index (χ4v) is 3.71. The molecule has 5 heteroatoms. The van der Waals surface area contributed by atoms with Gasteiger partial charge in [0.2, 0.25) is 0 Å². The van der Waals surface area contributed by atoms with Gasteiger partial charge in [-0.1, -0.05) is 38.8 Å². The van der Waals surface area contributed by atoms with E-state index in [2.05, 4.69) is 71.8 Å². The topological polar surface area (TPSA) is 22.2 Å². The Kier molecular flexibility index (Phi) is 11.6. The van der Waals surface area contributed by atoms with E-state index in [4.69, 9.17) is 4.74 Å². The van der Waals surface area contributed by atoms with Gasteiger partial charge in [-0.2, -0.15) is 0 Å². The lowest BCUT2D eigenvalue weighted by Crippen LogP contribution is -2.44. The lowest BCUT2D eigenvalue weighted by atomic mass is 10.1. The zero-order valence-corrected chi connectivity index (χ0v) is 19.4. The number of unbranched alkanes of at least 4 members (excludes halogenated alkanes) is 2. The Hall–Kier alpha value is -1.14. The van der Waals surface area contributed by atoms with E-state index in [0.717, 1.165) is 52.5 Å². The maximum Gasteiger partial charge on any atom is 0.0594 e. The first-order chi connectivity index (χ1) is 14.1. The largest absolute Gasteiger partial charge is 0.379 e. The van der Waals surface area contributed by atoms with Crippen LogP contribution in [0.5, 0.6) is 0 Å². The number of ether oxygens (including phenoxy) is 1. The molecule has 2 aliphatic heterocycles. The molecule has 3 rings (SSSR count). The second-order valence-corrected chi connectivity index (χ2v) is 8.45. The predicted molar refractivity (Wildman–Crippen MR) is 125 cm³/mol. The van der Waals surface area contributed by atoms with Crippen LogP contribution in [0.25, 0.3) is 0 Å². The van der Waals surface area contributed by atoms with Gasteiger partial charge in [0.05, 0.1) is 13.2 Å². The van der Waals surface area contributed by atoms with E-state index in [9.17, 15) is 0 Å². The zero-order valence-electron chi connectivity index (χ0n) is 19.4. The summed E-state index contributed by atoms with van der Waals surface area (Å²) in [6, 6.07) is 9.06. The van der Waals surface area contributed by atoms with Crippen LogP contribution >= 0.6 is 0 Å². The Labute approximate surface area is 179 Å². The molecule has 0 aromatic heterocycles. The van der Waals surface area contributed by atoms with Crippen molar-refractivity contribution in [3.05, 3.63) is 29.8 Å². The van der Waals surface area contributed by atoms with E-state index in [1.165, 1.54) is 50.1 Å². The standard InChI is InChI=1S/C15H25N3.C9H19NO/c1-4-16(2)13-14-5-7-15(8-6-14)18-11-9-17(3)10-12-18;1-2-3-4-5-10-6-8-11-9-7-10/h5-8H,4,9-13H2,1-3H3;2-9H2,1H3. The van der Waals surface area contributed by atoms with E-state index < -0.39 is 0 Å². The van der Waals surface area contributed by atoms with Crippen LogP contribution in [-0.2, 0) is 11.3 Å². The number of hydrogen-bond acceptors (Lipinski definition) is 5. The highest BCUT2D eigenvalue weighted by Gasteiger charge is 2.14. The third kappa shape index (κ3) is 9.47. The summed E-state index contributed by atoms with van der Waals surface area (Å²) in [4.78, 5) is 9.69. The van der Waals surface area contributed by atoms with Crippen LogP contribution in [-0.4, -0.2) is 94.4 Å². The molecule has 0 bridgehead atoms. The summed E-state index contributed by atoms with van der Waals surface area (Å²) in [5, 5.41) is 0. The van der Waals surface area contributed by atoms with Crippen LogP contribution in [0.4, 0.5) is 5.69 Å². The molecular weight excluding hydrogens is 360 g/mol. The van der Waals surface area contributed by atoms with Crippen molar-refractivity contribution in [3.63, 3.8) is 0 Å². The third-order valence-electron chi connectivity index (χ3n) is 5.98. The van der Waals surface area contributed by atoms with Gasteiger partial charge in [-0.3, -0.25) is 4.90 Å². The first-order valence-electron chi connectivity index (χ1n) is 11.6. The number of rotatable bonds is 8. The lowest BCUT2D eigenvalue weighted by molar-refractivity contribution is 0.0372. The zero-order chi connectivity index (χ0) is 20.9. The first-order valence-corrected chi connectivity index (χ1v) is 11.6. The Morgan fingerprint density at radius 3 is 2.14 bits per heavy atom. The van der Waals surface area contributed by atoms with Crippen molar-refractivity contribution >= 4 is 5.69 Å². The van der Waals surface area contributed by atoms with Gasteiger partial charge in [-0.05, 0) is 51.3 Å². The third-order valence-corrected chi connectivity index (χ3v) is 5.98. The number of morpholine rings is 1. The van der Waals surface area contributed by atoms with Crippen molar-refractivity contribution in [1.29, 1.82) is 0 Å². The molecule has 1 aromatic carbocycles. The number of likely N-dealkylation sites (N-methyl/N-ethyl adjacent to an activating group) is 1. The Morgan fingerprint density at radius 2 is 1.55 bits per heavy atom. The van der Waals surface area contributed by atoms with Gasteiger partial charge in [-0.15, -0.1) is 0 Å². The number of nitrogens with zero attached hydrogens (tertiary/aromatic N) is 4. The molecule has 0 atom stereocenters.